The number of carbonyl (C=O) groups is 1. The number of carbonyl (C=O) groups excluding carboxylic acids is 1. The van der Waals surface area contributed by atoms with Gasteiger partial charge in [0.05, 0.1) is 5.69 Å². The maximum absolute atomic E-state index is 12.2. The van der Waals surface area contributed by atoms with E-state index < -0.39 is 0 Å². The van der Waals surface area contributed by atoms with Crippen LogP contribution in [0.2, 0.25) is 5.02 Å². The Hall–Kier alpha value is -0.690. The zero-order valence-electron chi connectivity index (χ0n) is 10.8. The average molecular weight is 451 g/mol. The lowest BCUT2D eigenvalue weighted by molar-refractivity contribution is 0.0961. The van der Waals surface area contributed by atoms with Gasteiger partial charge in [0.2, 0.25) is 0 Å². The first-order chi connectivity index (χ1) is 10.0. The Bertz CT molecular complexity index is 655. The number of nitrogens with zero attached hydrogens (tertiary/aromatic N) is 1. The summed E-state index contributed by atoms with van der Waals surface area (Å²) in [4.78, 5) is 17.3. The SMILES string of the molecule is C=CCNC(=O)c1sc(-c2ccc(Cl)cc2)nc1C(Br)Br. The number of benzene rings is 1. The van der Waals surface area contributed by atoms with Crippen molar-refractivity contribution in [2.24, 2.45) is 0 Å². The second kappa shape index (κ2) is 7.54. The van der Waals surface area contributed by atoms with E-state index in [1.807, 2.05) is 12.1 Å². The van der Waals surface area contributed by atoms with E-state index in [0.29, 0.717) is 22.1 Å². The van der Waals surface area contributed by atoms with Gasteiger partial charge in [-0.25, -0.2) is 4.98 Å². The molecule has 1 N–H and O–H groups in total. The largest absolute Gasteiger partial charge is 0.348 e. The van der Waals surface area contributed by atoms with Gasteiger partial charge in [0.1, 0.15) is 13.6 Å². The monoisotopic (exact) mass is 448 g/mol. The lowest BCUT2D eigenvalue weighted by Gasteiger charge is -2.02. The molecule has 2 aromatic rings. The summed E-state index contributed by atoms with van der Waals surface area (Å²) >= 11 is 14.0. The zero-order chi connectivity index (χ0) is 15.4. The number of rotatable bonds is 5. The predicted octanol–water partition coefficient (Wildman–Crippen LogP) is 5.17. The summed E-state index contributed by atoms with van der Waals surface area (Å²) in [7, 11) is 0. The van der Waals surface area contributed by atoms with Crippen molar-refractivity contribution in [3.8, 4) is 10.6 Å². The molecule has 7 heteroatoms. The van der Waals surface area contributed by atoms with Gasteiger partial charge in [0.25, 0.3) is 5.91 Å². The molecule has 1 aromatic heterocycles. The summed E-state index contributed by atoms with van der Waals surface area (Å²) in [6, 6.07) is 7.37. The fraction of sp³-hybridized carbons (Fsp3) is 0.143. The standard InChI is InChI=1S/C14H11Br2ClN2OS/c1-2-7-18-13(20)11-10(12(15)16)19-14(21-11)8-3-5-9(17)6-4-8/h2-6,12H,1,7H2,(H,18,20). The topological polar surface area (TPSA) is 42.0 Å². The highest BCUT2D eigenvalue weighted by Crippen LogP contribution is 2.37. The number of halogens is 3. The van der Waals surface area contributed by atoms with Crippen molar-refractivity contribution in [1.29, 1.82) is 0 Å². The maximum atomic E-state index is 12.2. The van der Waals surface area contributed by atoms with Gasteiger partial charge < -0.3 is 5.32 Å². The highest BCUT2D eigenvalue weighted by Gasteiger charge is 2.22. The Balaban J connectivity index is 2.39. The molecule has 2 rings (SSSR count). The second-order valence-corrected chi connectivity index (χ2v) is 8.54. The zero-order valence-corrected chi connectivity index (χ0v) is 15.5. The van der Waals surface area contributed by atoms with Crippen LogP contribution >= 0.6 is 54.8 Å². The predicted molar refractivity (Wildman–Crippen MR) is 95.7 cm³/mol. The van der Waals surface area contributed by atoms with E-state index in [2.05, 4.69) is 48.7 Å². The minimum Gasteiger partial charge on any atom is -0.348 e. The van der Waals surface area contributed by atoms with E-state index >= 15 is 0 Å². The molecule has 0 aliphatic carbocycles. The smallest absolute Gasteiger partial charge is 0.263 e. The summed E-state index contributed by atoms with van der Waals surface area (Å²) in [5, 5.41) is 4.21. The highest BCUT2D eigenvalue weighted by atomic mass is 79.9. The van der Waals surface area contributed by atoms with Crippen LogP contribution in [-0.4, -0.2) is 17.4 Å². The third kappa shape index (κ3) is 4.16. The summed E-state index contributed by atoms with van der Waals surface area (Å²) in [6.07, 6.45) is 1.64. The number of amides is 1. The Morgan fingerprint density at radius 2 is 2.10 bits per heavy atom. The Kier molecular flexibility index (Phi) is 5.98. The molecule has 0 bridgehead atoms. The third-order valence-corrected chi connectivity index (χ3v) is 4.80. The van der Waals surface area contributed by atoms with E-state index in [-0.39, 0.29) is 9.64 Å². The van der Waals surface area contributed by atoms with Crippen molar-refractivity contribution in [2.45, 2.75) is 3.74 Å². The first-order valence-electron chi connectivity index (χ1n) is 5.97. The normalized spacial score (nSPS) is 10.7. The van der Waals surface area contributed by atoms with Gasteiger partial charge in [-0.2, -0.15) is 0 Å². The van der Waals surface area contributed by atoms with E-state index in [4.69, 9.17) is 11.6 Å². The molecule has 1 amide bonds. The molecule has 0 spiro atoms. The molecule has 110 valence electrons. The molecular weight excluding hydrogens is 439 g/mol. The van der Waals surface area contributed by atoms with Crippen LogP contribution in [0.25, 0.3) is 10.6 Å². The summed E-state index contributed by atoms with van der Waals surface area (Å²) in [5.41, 5.74) is 1.58. The van der Waals surface area contributed by atoms with Gasteiger partial charge in [-0.1, -0.05) is 61.7 Å². The third-order valence-electron chi connectivity index (χ3n) is 2.56. The maximum Gasteiger partial charge on any atom is 0.263 e. The van der Waals surface area contributed by atoms with E-state index in [0.717, 1.165) is 10.6 Å². The summed E-state index contributed by atoms with van der Waals surface area (Å²) < 4.78 is -0.188. The van der Waals surface area contributed by atoms with Crippen molar-refractivity contribution in [2.75, 3.05) is 6.54 Å². The van der Waals surface area contributed by atoms with Crippen molar-refractivity contribution < 1.29 is 4.79 Å². The number of alkyl halides is 2. The average Bonchev–Trinajstić information content (AvgIpc) is 2.91. The molecule has 0 saturated heterocycles. The molecule has 1 aromatic carbocycles. The Labute approximate surface area is 148 Å². The van der Waals surface area contributed by atoms with Crippen LogP contribution in [-0.2, 0) is 0 Å². The van der Waals surface area contributed by atoms with Gasteiger partial charge in [0, 0.05) is 17.1 Å². The molecule has 0 saturated carbocycles. The van der Waals surface area contributed by atoms with Gasteiger partial charge in [-0.15, -0.1) is 17.9 Å². The molecule has 0 radical (unpaired) electrons. The second-order valence-electron chi connectivity index (χ2n) is 4.04. The first kappa shape index (κ1) is 16.7. The number of nitrogens with one attached hydrogen (secondary N) is 1. The molecule has 0 aliphatic rings. The molecule has 3 nitrogen and oxygen atoms in total. The summed E-state index contributed by atoms with van der Waals surface area (Å²) in [5.74, 6) is -0.161. The van der Waals surface area contributed by atoms with Crippen molar-refractivity contribution in [3.63, 3.8) is 0 Å². The van der Waals surface area contributed by atoms with Gasteiger partial charge in [-0.05, 0) is 12.1 Å². The number of hydrogen-bond acceptors (Lipinski definition) is 3. The van der Waals surface area contributed by atoms with E-state index in [9.17, 15) is 4.79 Å². The van der Waals surface area contributed by atoms with Crippen LogP contribution in [0, 0.1) is 0 Å². The lowest BCUT2D eigenvalue weighted by Crippen LogP contribution is -2.23. The van der Waals surface area contributed by atoms with Crippen LogP contribution in [0.3, 0.4) is 0 Å². The van der Waals surface area contributed by atoms with Crippen LogP contribution in [0.15, 0.2) is 36.9 Å². The molecule has 0 aliphatic heterocycles. The Morgan fingerprint density at radius 1 is 1.43 bits per heavy atom. The molecular formula is C14H11Br2ClN2OS. The van der Waals surface area contributed by atoms with Crippen molar-refractivity contribution in [1.82, 2.24) is 10.3 Å². The number of hydrogen-bond donors (Lipinski definition) is 1. The molecule has 0 atom stereocenters. The highest BCUT2D eigenvalue weighted by molar-refractivity contribution is 9.24. The quantitative estimate of drug-likeness (QED) is 0.505. The molecule has 21 heavy (non-hydrogen) atoms. The van der Waals surface area contributed by atoms with Crippen molar-refractivity contribution in [3.05, 3.63) is 52.5 Å². The Morgan fingerprint density at radius 3 is 2.67 bits per heavy atom. The minimum absolute atomic E-state index is 0.161. The first-order valence-corrected chi connectivity index (χ1v) is 8.99. The van der Waals surface area contributed by atoms with E-state index in [1.54, 1.807) is 18.2 Å². The molecule has 1 heterocycles. The van der Waals surface area contributed by atoms with Gasteiger partial charge >= 0.3 is 0 Å². The number of thiazole rings is 1. The van der Waals surface area contributed by atoms with E-state index in [1.165, 1.54) is 11.3 Å². The number of aromatic nitrogens is 1. The van der Waals surface area contributed by atoms with Crippen LogP contribution in [0.5, 0.6) is 0 Å². The van der Waals surface area contributed by atoms with Crippen LogP contribution < -0.4 is 5.32 Å². The molecule has 0 fully saturated rings. The van der Waals surface area contributed by atoms with Crippen LogP contribution in [0.4, 0.5) is 0 Å². The lowest BCUT2D eigenvalue weighted by atomic mass is 10.2. The van der Waals surface area contributed by atoms with Crippen molar-refractivity contribution >= 4 is 60.7 Å². The van der Waals surface area contributed by atoms with Crippen LogP contribution in [0.1, 0.15) is 19.1 Å². The summed E-state index contributed by atoms with van der Waals surface area (Å²) in [6.45, 7) is 4.01. The van der Waals surface area contributed by atoms with Gasteiger partial charge in [-0.3, -0.25) is 4.79 Å². The fourth-order valence-electron chi connectivity index (χ4n) is 1.60. The molecule has 0 unspecified atom stereocenters. The minimum atomic E-state index is -0.188. The fourth-order valence-corrected chi connectivity index (χ4v) is 3.72. The van der Waals surface area contributed by atoms with Gasteiger partial charge in [0.15, 0.2) is 0 Å².